The fraction of sp³-hybridized carbons (Fsp3) is 0.438. The maximum atomic E-state index is 13.6. The maximum Gasteiger partial charge on any atom is 0.337 e. The summed E-state index contributed by atoms with van der Waals surface area (Å²) in [6, 6.07) is 15.4. The SMILES string of the molecule is COc1cccc2cc(C(=O)N[C@@H](CC(C)C)C(=O)N[C@H](/C=N/NC(=O)N3CCN(C)CC3)CCc3ccccc3)oc12. The van der Waals surface area contributed by atoms with Crippen LogP contribution in [0, 0.1) is 5.92 Å². The molecule has 1 aromatic heterocycles. The van der Waals surface area contributed by atoms with Crippen molar-refractivity contribution in [3.63, 3.8) is 0 Å². The molecule has 1 saturated heterocycles. The number of hydrazone groups is 1. The van der Waals surface area contributed by atoms with Crippen LogP contribution in [0.2, 0.25) is 0 Å². The van der Waals surface area contributed by atoms with Gasteiger partial charge in [-0.15, -0.1) is 0 Å². The largest absolute Gasteiger partial charge is 0.493 e. The normalized spacial score (nSPS) is 15.4. The van der Waals surface area contributed by atoms with Crippen molar-refractivity contribution in [3.05, 3.63) is 65.9 Å². The van der Waals surface area contributed by atoms with Crippen LogP contribution < -0.4 is 20.8 Å². The van der Waals surface area contributed by atoms with E-state index in [1.54, 1.807) is 23.2 Å². The Morgan fingerprint density at radius 3 is 2.47 bits per heavy atom. The summed E-state index contributed by atoms with van der Waals surface area (Å²) < 4.78 is 11.1. The summed E-state index contributed by atoms with van der Waals surface area (Å²) in [4.78, 5) is 43.3. The van der Waals surface area contributed by atoms with Crippen LogP contribution in [-0.2, 0) is 11.2 Å². The number of fused-ring (bicyclic) bond motifs is 1. The Morgan fingerprint density at radius 2 is 1.77 bits per heavy atom. The van der Waals surface area contributed by atoms with E-state index < -0.39 is 18.0 Å². The van der Waals surface area contributed by atoms with Gasteiger partial charge in [0.15, 0.2) is 17.1 Å². The van der Waals surface area contributed by atoms with Gasteiger partial charge in [0.25, 0.3) is 5.91 Å². The molecule has 2 atom stereocenters. The third-order valence-electron chi connectivity index (χ3n) is 7.40. The number of urea groups is 1. The van der Waals surface area contributed by atoms with Crippen molar-refractivity contribution in [1.29, 1.82) is 0 Å². The minimum Gasteiger partial charge on any atom is -0.493 e. The molecular formula is C32H42N6O5. The topological polar surface area (TPSA) is 129 Å². The highest BCUT2D eigenvalue weighted by Gasteiger charge is 2.26. The van der Waals surface area contributed by atoms with Crippen LogP contribution >= 0.6 is 0 Å². The molecule has 0 spiro atoms. The zero-order chi connectivity index (χ0) is 30.8. The van der Waals surface area contributed by atoms with Crippen LogP contribution in [0.15, 0.2) is 64.1 Å². The number of hydrogen-bond donors (Lipinski definition) is 3. The number of hydrogen-bond acceptors (Lipinski definition) is 7. The fourth-order valence-electron chi connectivity index (χ4n) is 4.94. The average molecular weight is 591 g/mol. The highest BCUT2D eigenvalue weighted by Crippen LogP contribution is 2.28. The lowest BCUT2D eigenvalue weighted by molar-refractivity contribution is -0.123. The van der Waals surface area contributed by atoms with Gasteiger partial charge in [-0.05, 0) is 49.9 Å². The van der Waals surface area contributed by atoms with E-state index in [1.807, 2.05) is 63.4 Å². The number of benzene rings is 2. The monoisotopic (exact) mass is 590 g/mol. The highest BCUT2D eigenvalue weighted by atomic mass is 16.5. The quantitative estimate of drug-likeness (QED) is 0.218. The molecule has 0 saturated carbocycles. The third-order valence-corrected chi connectivity index (χ3v) is 7.40. The number of amides is 4. The molecule has 0 radical (unpaired) electrons. The Hall–Kier alpha value is -4.38. The van der Waals surface area contributed by atoms with E-state index in [2.05, 4.69) is 26.1 Å². The molecule has 4 amide bonds. The second-order valence-electron chi connectivity index (χ2n) is 11.3. The van der Waals surface area contributed by atoms with Crippen molar-refractivity contribution in [2.75, 3.05) is 40.3 Å². The van der Waals surface area contributed by atoms with Gasteiger partial charge < -0.3 is 29.6 Å². The number of ether oxygens (including phenoxy) is 1. The van der Waals surface area contributed by atoms with Gasteiger partial charge in [-0.2, -0.15) is 5.10 Å². The second-order valence-corrected chi connectivity index (χ2v) is 11.3. The van der Waals surface area contributed by atoms with E-state index in [4.69, 9.17) is 9.15 Å². The first kappa shape index (κ1) is 31.6. The van der Waals surface area contributed by atoms with E-state index in [9.17, 15) is 14.4 Å². The summed E-state index contributed by atoms with van der Waals surface area (Å²) in [6.45, 7) is 6.83. The van der Waals surface area contributed by atoms with Gasteiger partial charge in [0, 0.05) is 37.8 Å². The zero-order valence-corrected chi connectivity index (χ0v) is 25.3. The van der Waals surface area contributed by atoms with Gasteiger partial charge in [-0.25, -0.2) is 10.2 Å². The molecule has 2 heterocycles. The van der Waals surface area contributed by atoms with E-state index in [-0.39, 0.29) is 23.6 Å². The smallest absolute Gasteiger partial charge is 0.337 e. The van der Waals surface area contributed by atoms with Crippen molar-refractivity contribution < 1.29 is 23.5 Å². The molecule has 2 aromatic carbocycles. The van der Waals surface area contributed by atoms with Crippen LogP contribution in [0.3, 0.4) is 0 Å². The lowest BCUT2D eigenvalue weighted by Crippen LogP contribution is -2.51. The van der Waals surface area contributed by atoms with Crippen LogP contribution in [0.25, 0.3) is 11.0 Å². The number of nitrogens with one attached hydrogen (secondary N) is 3. The summed E-state index contributed by atoms with van der Waals surface area (Å²) in [5, 5.41) is 10.8. The molecule has 1 aliphatic rings. The maximum absolute atomic E-state index is 13.6. The molecule has 1 fully saturated rings. The second kappa shape index (κ2) is 15.2. The molecule has 230 valence electrons. The van der Waals surface area contributed by atoms with Crippen LogP contribution in [0.1, 0.15) is 42.8 Å². The number of aryl methyl sites for hydroxylation is 1. The van der Waals surface area contributed by atoms with Gasteiger partial charge in [-0.1, -0.05) is 56.3 Å². The first-order valence-electron chi connectivity index (χ1n) is 14.7. The summed E-state index contributed by atoms with van der Waals surface area (Å²) in [5.74, 6) is -0.0899. The van der Waals surface area contributed by atoms with Crippen LogP contribution in [0.4, 0.5) is 4.79 Å². The lowest BCUT2D eigenvalue weighted by atomic mass is 10.0. The number of furan rings is 1. The summed E-state index contributed by atoms with van der Waals surface area (Å²) >= 11 is 0. The molecule has 11 nitrogen and oxygen atoms in total. The van der Waals surface area contributed by atoms with Crippen LogP contribution in [-0.4, -0.2) is 86.3 Å². The number of rotatable bonds is 12. The molecule has 1 aliphatic heterocycles. The number of nitrogens with zero attached hydrogens (tertiary/aromatic N) is 3. The molecule has 3 N–H and O–H groups in total. The minimum absolute atomic E-state index is 0.0925. The molecule has 0 aliphatic carbocycles. The van der Waals surface area contributed by atoms with Gasteiger partial charge in [0.1, 0.15) is 6.04 Å². The molecule has 11 heteroatoms. The summed E-state index contributed by atoms with van der Waals surface area (Å²) in [5.41, 5.74) is 4.18. The number of likely N-dealkylation sites (N-methyl/N-ethyl adjacent to an activating group) is 1. The molecule has 3 aromatic rings. The van der Waals surface area contributed by atoms with Crippen LogP contribution in [0.5, 0.6) is 5.75 Å². The lowest BCUT2D eigenvalue weighted by Gasteiger charge is -2.31. The van der Waals surface area contributed by atoms with E-state index in [0.717, 1.165) is 24.0 Å². The molecule has 0 bridgehead atoms. The number of methoxy groups -OCH3 is 1. The van der Waals surface area contributed by atoms with Gasteiger partial charge in [0.2, 0.25) is 5.91 Å². The molecular weight excluding hydrogens is 548 g/mol. The van der Waals surface area contributed by atoms with Gasteiger partial charge in [-0.3, -0.25) is 9.59 Å². The Labute approximate surface area is 252 Å². The van der Waals surface area contributed by atoms with Gasteiger partial charge in [0.05, 0.1) is 13.2 Å². The van der Waals surface area contributed by atoms with Crippen molar-refractivity contribution in [3.8, 4) is 5.75 Å². The number of carbonyl (C=O) groups is 3. The van der Waals surface area contributed by atoms with Crippen molar-refractivity contribution in [2.24, 2.45) is 11.0 Å². The third kappa shape index (κ3) is 9.05. The Bertz CT molecular complexity index is 1400. The van der Waals surface area contributed by atoms with E-state index in [1.165, 1.54) is 7.11 Å². The first-order chi connectivity index (χ1) is 20.7. The molecule has 43 heavy (non-hydrogen) atoms. The average Bonchev–Trinajstić information content (AvgIpc) is 3.45. The number of piperazine rings is 1. The van der Waals surface area contributed by atoms with Crippen molar-refractivity contribution in [2.45, 2.75) is 45.2 Å². The molecule has 4 rings (SSSR count). The minimum atomic E-state index is -0.810. The summed E-state index contributed by atoms with van der Waals surface area (Å²) in [6.07, 6.45) is 3.21. The number of carbonyl (C=O) groups excluding carboxylic acids is 3. The Balaban J connectivity index is 1.44. The Morgan fingerprint density at radius 1 is 1.02 bits per heavy atom. The number of para-hydroxylation sites is 1. The zero-order valence-electron chi connectivity index (χ0n) is 25.3. The predicted octanol–water partition coefficient (Wildman–Crippen LogP) is 3.65. The van der Waals surface area contributed by atoms with Gasteiger partial charge >= 0.3 is 6.03 Å². The highest BCUT2D eigenvalue weighted by molar-refractivity contribution is 5.99. The van der Waals surface area contributed by atoms with Crippen molar-refractivity contribution >= 4 is 35.0 Å². The van der Waals surface area contributed by atoms with Crippen molar-refractivity contribution in [1.82, 2.24) is 25.9 Å². The summed E-state index contributed by atoms with van der Waals surface area (Å²) in [7, 11) is 3.56. The van der Waals surface area contributed by atoms with E-state index >= 15 is 0 Å². The first-order valence-corrected chi connectivity index (χ1v) is 14.7. The standard InChI is InChI=1S/C32H42N6O5/c1-22(2)19-26(35-31(40)28-20-24-11-8-12-27(42-4)29(24)43-28)30(39)34-25(14-13-23-9-6-5-7-10-23)21-33-36-32(41)38-17-15-37(3)16-18-38/h5-12,20-22,25-26H,13-19H2,1-4H3,(H,34,39)(H,35,40)(H,36,41)/b33-21+/t25-,26-/m0/s1. The Kier molecular flexibility index (Phi) is 11.2. The van der Waals surface area contributed by atoms with E-state index in [0.29, 0.717) is 43.7 Å². The fourth-order valence-corrected chi connectivity index (χ4v) is 4.94. The molecule has 0 unspecified atom stereocenters. The predicted molar refractivity (Wildman–Crippen MR) is 166 cm³/mol.